The maximum absolute atomic E-state index is 13.4. The molecule has 1 fully saturated rings. The molecular formula is C24H31BrN4O3S. The number of halogens is 1. The Bertz CT molecular complexity index is 1030. The second-order valence-corrected chi connectivity index (χ2v) is 10.7. The molecule has 0 spiro atoms. The van der Waals surface area contributed by atoms with Crippen LogP contribution < -0.4 is 10.2 Å². The number of carbonyl (C=O) groups excluding carboxylic acids is 2. The fourth-order valence-electron chi connectivity index (χ4n) is 4.58. The van der Waals surface area contributed by atoms with Crippen LogP contribution in [0.5, 0.6) is 5.75 Å². The first-order valence-corrected chi connectivity index (χ1v) is 13.6. The summed E-state index contributed by atoms with van der Waals surface area (Å²) in [6.07, 6.45) is 3.68. The molecule has 0 aliphatic carbocycles. The van der Waals surface area contributed by atoms with Crippen molar-refractivity contribution < 1.29 is 14.7 Å². The Balaban J connectivity index is 1.81. The van der Waals surface area contributed by atoms with Crippen LogP contribution in [0.1, 0.15) is 62.0 Å². The fourth-order valence-corrected chi connectivity index (χ4v) is 6.11. The standard InChI is InChI=1S/C24H31BrN4O3S/c1-3-16-6-8-20(31)21-22(28(4-2)23(16)32)27-24(26-17-9-11-33-12-10-17)29(21)14-15-5-7-19(30)18(25)13-15/h5,7,13,16-17,30H,3-4,6,8-12,14H2,1-2H3,(H,26,27). The highest BCUT2D eigenvalue weighted by Gasteiger charge is 2.35. The van der Waals surface area contributed by atoms with Crippen molar-refractivity contribution in [2.75, 3.05) is 28.3 Å². The van der Waals surface area contributed by atoms with E-state index in [4.69, 9.17) is 4.98 Å². The van der Waals surface area contributed by atoms with Crippen LogP contribution in [0.15, 0.2) is 22.7 Å². The van der Waals surface area contributed by atoms with Crippen LogP contribution in [0.3, 0.4) is 0 Å². The molecule has 0 saturated carbocycles. The molecule has 1 saturated heterocycles. The van der Waals surface area contributed by atoms with Crippen LogP contribution in [-0.4, -0.2) is 50.4 Å². The number of thioether (sulfide) groups is 1. The Labute approximate surface area is 207 Å². The number of hydrogen-bond donors (Lipinski definition) is 2. The number of anilines is 2. The lowest BCUT2D eigenvalue weighted by molar-refractivity contribution is -0.122. The SMILES string of the molecule is CCC1CCC(=O)c2c(nc(NC3CCSCC3)n2Cc2ccc(O)c(Br)c2)N(CC)C1=O. The Hall–Kier alpha value is -2.00. The molecule has 2 N–H and O–H groups in total. The average molecular weight is 536 g/mol. The van der Waals surface area contributed by atoms with Gasteiger partial charge in [-0.05, 0) is 77.7 Å². The maximum Gasteiger partial charge on any atom is 0.231 e. The van der Waals surface area contributed by atoms with E-state index in [0.717, 1.165) is 29.9 Å². The van der Waals surface area contributed by atoms with Gasteiger partial charge in [-0.2, -0.15) is 16.7 Å². The third kappa shape index (κ3) is 5.09. The molecule has 4 rings (SSSR count). The number of imidazole rings is 1. The zero-order valence-electron chi connectivity index (χ0n) is 19.1. The Morgan fingerprint density at radius 2 is 1.97 bits per heavy atom. The van der Waals surface area contributed by atoms with Crippen molar-refractivity contribution in [3.8, 4) is 5.75 Å². The lowest BCUT2D eigenvalue weighted by Gasteiger charge is -2.27. The van der Waals surface area contributed by atoms with Crippen molar-refractivity contribution in [1.29, 1.82) is 0 Å². The van der Waals surface area contributed by atoms with E-state index in [1.165, 1.54) is 0 Å². The van der Waals surface area contributed by atoms with Gasteiger partial charge in [0, 0.05) is 24.9 Å². The average Bonchev–Trinajstić information content (AvgIpc) is 3.14. The lowest BCUT2D eigenvalue weighted by atomic mass is 9.94. The molecule has 1 aromatic carbocycles. The number of phenols is 1. The Morgan fingerprint density at radius 1 is 1.21 bits per heavy atom. The van der Waals surface area contributed by atoms with Crippen molar-refractivity contribution >= 4 is 51.1 Å². The summed E-state index contributed by atoms with van der Waals surface area (Å²) in [5, 5.41) is 13.5. The van der Waals surface area contributed by atoms with E-state index >= 15 is 0 Å². The van der Waals surface area contributed by atoms with E-state index in [-0.39, 0.29) is 29.4 Å². The molecule has 1 atom stereocenters. The summed E-state index contributed by atoms with van der Waals surface area (Å²) in [6.45, 7) is 4.82. The van der Waals surface area contributed by atoms with Gasteiger partial charge >= 0.3 is 0 Å². The van der Waals surface area contributed by atoms with Crippen LogP contribution in [0.25, 0.3) is 0 Å². The molecule has 0 bridgehead atoms. The number of phenolic OH excluding ortho intramolecular Hbond substituents is 1. The van der Waals surface area contributed by atoms with E-state index in [9.17, 15) is 14.7 Å². The molecule has 3 heterocycles. The van der Waals surface area contributed by atoms with Crippen molar-refractivity contribution in [1.82, 2.24) is 9.55 Å². The molecule has 7 nitrogen and oxygen atoms in total. The summed E-state index contributed by atoms with van der Waals surface area (Å²) in [7, 11) is 0. The molecule has 33 heavy (non-hydrogen) atoms. The van der Waals surface area contributed by atoms with E-state index in [0.29, 0.717) is 54.3 Å². The van der Waals surface area contributed by atoms with Gasteiger partial charge in [0.05, 0.1) is 11.0 Å². The number of amides is 1. The number of benzene rings is 1. The van der Waals surface area contributed by atoms with Gasteiger partial charge in [-0.25, -0.2) is 0 Å². The van der Waals surface area contributed by atoms with Crippen LogP contribution in [0.4, 0.5) is 11.8 Å². The second-order valence-electron chi connectivity index (χ2n) is 8.66. The first kappa shape index (κ1) is 24.1. The molecule has 0 radical (unpaired) electrons. The fraction of sp³-hybridized carbons (Fsp3) is 0.542. The predicted octanol–water partition coefficient (Wildman–Crippen LogP) is 5.06. The van der Waals surface area contributed by atoms with Gasteiger partial charge in [-0.3, -0.25) is 14.5 Å². The number of nitrogens with one attached hydrogen (secondary N) is 1. The number of Topliss-reactive ketones (excluding diaryl/α,β-unsaturated/α-hetero) is 1. The van der Waals surface area contributed by atoms with Gasteiger partial charge in [-0.15, -0.1) is 0 Å². The molecular weight excluding hydrogens is 504 g/mol. The minimum atomic E-state index is -0.160. The molecule has 2 aliphatic rings. The topological polar surface area (TPSA) is 87.5 Å². The monoisotopic (exact) mass is 534 g/mol. The summed E-state index contributed by atoms with van der Waals surface area (Å²) in [5.74, 6) is 3.37. The molecule has 2 aliphatic heterocycles. The Morgan fingerprint density at radius 3 is 2.64 bits per heavy atom. The summed E-state index contributed by atoms with van der Waals surface area (Å²) >= 11 is 5.34. The highest BCUT2D eigenvalue weighted by molar-refractivity contribution is 9.10. The van der Waals surface area contributed by atoms with Crippen molar-refractivity contribution in [3.05, 3.63) is 33.9 Å². The van der Waals surface area contributed by atoms with Crippen molar-refractivity contribution in [2.24, 2.45) is 5.92 Å². The minimum absolute atomic E-state index is 0.0204. The van der Waals surface area contributed by atoms with Gasteiger partial charge in [0.1, 0.15) is 11.4 Å². The molecule has 178 valence electrons. The zero-order valence-corrected chi connectivity index (χ0v) is 21.5. The number of rotatable bonds is 6. The summed E-state index contributed by atoms with van der Waals surface area (Å²) < 4.78 is 2.53. The van der Waals surface area contributed by atoms with E-state index in [1.807, 2.05) is 42.3 Å². The van der Waals surface area contributed by atoms with Crippen LogP contribution >= 0.6 is 27.7 Å². The van der Waals surface area contributed by atoms with E-state index in [2.05, 4.69) is 21.2 Å². The maximum atomic E-state index is 13.4. The Kier molecular flexibility index (Phi) is 7.69. The van der Waals surface area contributed by atoms with Crippen LogP contribution in [0.2, 0.25) is 0 Å². The largest absolute Gasteiger partial charge is 0.507 e. The normalized spacial score (nSPS) is 19.8. The lowest BCUT2D eigenvalue weighted by Crippen LogP contribution is -2.39. The number of nitrogens with zero attached hydrogens (tertiary/aromatic N) is 3. The minimum Gasteiger partial charge on any atom is -0.507 e. The number of carbonyl (C=O) groups is 2. The highest BCUT2D eigenvalue weighted by Crippen LogP contribution is 2.34. The van der Waals surface area contributed by atoms with E-state index in [1.54, 1.807) is 11.0 Å². The highest BCUT2D eigenvalue weighted by atomic mass is 79.9. The number of hydrogen-bond acceptors (Lipinski definition) is 6. The third-order valence-electron chi connectivity index (χ3n) is 6.52. The summed E-state index contributed by atoms with van der Waals surface area (Å²) in [6, 6.07) is 5.62. The predicted molar refractivity (Wildman–Crippen MR) is 136 cm³/mol. The molecule has 9 heteroatoms. The molecule has 1 unspecified atom stereocenters. The van der Waals surface area contributed by atoms with Gasteiger partial charge in [0.25, 0.3) is 0 Å². The quantitative estimate of drug-likeness (QED) is 0.538. The molecule has 1 amide bonds. The summed E-state index contributed by atoms with van der Waals surface area (Å²) in [5.41, 5.74) is 1.43. The first-order valence-electron chi connectivity index (χ1n) is 11.7. The molecule has 2 aromatic rings. The molecule has 1 aromatic heterocycles. The number of aromatic hydroxyl groups is 1. The summed E-state index contributed by atoms with van der Waals surface area (Å²) in [4.78, 5) is 33.3. The van der Waals surface area contributed by atoms with Gasteiger partial charge in [-0.1, -0.05) is 13.0 Å². The van der Waals surface area contributed by atoms with Crippen LogP contribution in [0, 0.1) is 5.92 Å². The van der Waals surface area contributed by atoms with Gasteiger partial charge in [0.2, 0.25) is 11.9 Å². The first-order chi connectivity index (χ1) is 15.9. The van der Waals surface area contributed by atoms with Crippen molar-refractivity contribution in [3.63, 3.8) is 0 Å². The third-order valence-corrected chi connectivity index (χ3v) is 8.20. The van der Waals surface area contributed by atoms with E-state index < -0.39 is 0 Å². The van der Waals surface area contributed by atoms with Gasteiger partial charge in [0.15, 0.2) is 11.6 Å². The van der Waals surface area contributed by atoms with Crippen molar-refractivity contribution in [2.45, 2.75) is 58.5 Å². The number of aromatic nitrogens is 2. The number of ketones is 1. The van der Waals surface area contributed by atoms with Crippen LogP contribution in [-0.2, 0) is 11.3 Å². The number of fused-ring (bicyclic) bond motifs is 1. The second kappa shape index (κ2) is 10.5. The smallest absolute Gasteiger partial charge is 0.231 e. The zero-order chi connectivity index (χ0) is 23.5. The van der Waals surface area contributed by atoms with Gasteiger partial charge < -0.3 is 15.0 Å².